The summed E-state index contributed by atoms with van der Waals surface area (Å²) in [7, 11) is 0. The molecule has 17 heavy (non-hydrogen) atoms. The van der Waals surface area contributed by atoms with Gasteiger partial charge in [-0.2, -0.15) is 0 Å². The third-order valence-corrected chi connectivity index (χ3v) is 2.37. The highest BCUT2D eigenvalue weighted by molar-refractivity contribution is 5.77. The molecule has 1 heterocycles. The Labute approximate surface area is 97.7 Å². The minimum Gasteiger partial charge on any atom is -0.480 e. The van der Waals surface area contributed by atoms with E-state index in [4.69, 9.17) is 5.11 Å². The molecule has 0 bridgehead atoms. The van der Waals surface area contributed by atoms with E-state index in [0.29, 0.717) is 17.5 Å². The largest absolute Gasteiger partial charge is 0.480 e. The molecule has 0 amide bonds. The van der Waals surface area contributed by atoms with E-state index < -0.39 is 12.0 Å². The Kier molecular flexibility index (Phi) is 3.13. The van der Waals surface area contributed by atoms with Crippen LogP contribution < -0.4 is 5.32 Å². The van der Waals surface area contributed by atoms with Crippen molar-refractivity contribution in [3.8, 4) is 0 Å². The number of nitrogens with zero attached hydrogens (tertiary/aromatic N) is 3. The molecule has 0 saturated carbocycles. The number of aromatic nitrogens is 3. The maximum atomic E-state index is 10.9. The highest BCUT2D eigenvalue weighted by atomic mass is 16.4. The molecular weight excluding hydrogens is 220 g/mol. The lowest BCUT2D eigenvalue weighted by molar-refractivity contribution is -0.137. The number of para-hydroxylation sites is 1. The van der Waals surface area contributed by atoms with Crippen LogP contribution in [-0.2, 0) is 4.79 Å². The Morgan fingerprint density at radius 3 is 2.71 bits per heavy atom. The fourth-order valence-electron chi connectivity index (χ4n) is 1.44. The third kappa shape index (κ3) is 2.47. The molecular formula is C11H12N4O2. The van der Waals surface area contributed by atoms with Crippen molar-refractivity contribution in [1.82, 2.24) is 15.2 Å². The first-order valence-electron chi connectivity index (χ1n) is 5.29. The van der Waals surface area contributed by atoms with E-state index in [-0.39, 0.29) is 5.95 Å². The lowest BCUT2D eigenvalue weighted by atomic mass is 10.2. The van der Waals surface area contributed by atoms with Gasteiger partial charge < -0.3 is 10.4 Å². The summed E-state index contributed by atoms with van der Waals surface area (Å²) in [4.78, 5) is 15.1. The third-order valence-electron chi connectivity index (χ3n) is 2.37. The zero-order valence-corrected chi connectivity index (χ0v) is 9.29. The predicted octanol–water partition coefficient (Wildman–Crippen LogP) is 1.30. The number of fused-ring (bicyclic) bond motifs is 1. The summed E-state index contributed by atoms with van der Waals surface area (Å²) >= 11 is 0. The maximum absolute atomic E-state index is 10.9. The summed E-state index contributed by atoms with van der Waals surface area (Å²) in [6, 6.07) is 6.59. The minimum absolute atomic E-state index is 0.234. The molecule has 1 atom stereocenters. The molecule has 1 aromatic carbocycles. The van der Waals surface area contributed by atoms with Crippen molar-refractivity contribution in [2.24, 2.45) is 0 Å². The van der Waals surface area contributed by atoms with Crippen LogP contribution in [0, 0.1) is 0 Å². The molecule has 0 aliphatic rings. The van der Waals surface area contributed by atoms with E-state index >= 15 is 0 Å². The normalized spacial score (nSPS) is 12.3. The van der Waals surface area contributed by atoms with E-state index in [1.165, 1.54) is 0 Å². The van der Waals surface area contributed by atoms with Gasteiger partial charge >= 0.3 is 5.97 Å². The van der Waals surface area contributed by atoms with Gasteiger partial charge in [-0.25, -0.2) is 9.78 Å². The molecule has 0 aliphatic heterocycles. The van der Waals surface area contributed by atoms with Crippen molar-refractivity contribution in [3.05, 3.63) is 24.3 Å². The van der Waals surface area contributed by atoms with Crippen LogP contribution in [0.25, 0.3) is 11.0 Å². The molecule has 88 valence electrons. The molecule has 0 spiro atoms. The van der Waals surface area contributed by atoms with E-state index in [2.05, 4.69) is 20.5 Å². The highest BCUT2D eigenvalue weighted by Crippen LogP contribution is 2.10. The maximum Gasteiger partial charge on any atom is 0.326 e. The highest BCUT2D eigenvalue weighted by Gasteiger charge is 2.15. The van der Waals surface area contributed by atoms with Crippen LogP contribution in [0.15, 0.2) is 24.3 Å². The Balaban J connectivity index is 2.27. The number of hydrogen-bond acceptors (Lipinski definition) is 5. The van der Waals surface area contributed by atoms with Gasteiger partial charge in [-0.05, 0) is 18.6 Å². The van der Waals surface area contributed by atoms with Crippen LogP contribution in [0.5, 0.6) is 0 Å². The average Bonchev–Trinajstić information content (AvgIpc) is 2.35. The summed E-state index contributed by atoms with van der Waals surface area (Å²) in [5.41, 5.74) is 1.37. The van der Waals surface area contributed by atoms with Crippen LogP contribution in [-0.4, -0.2) is 32.3 Å². The number of carbonyl (C=O) groups is 1. The number of nitrogens with one attached hydrogen (secondary N) is 1. The molecule has 0 saturated heterocycles. The number of carboxylic acids is 1. The molecule has 0 fully saturated rings. The molecule has 0 radical (unpaired) electrons. The number of hydrogen-bond donors (Lipinski definition) is 2. The second kappa shape index (κ2) is 4.73. The van der Waals surface area contributed by atoms with Gasteiger partial charge in [-0.1, -0.05) is 19.1 Å². The number of aliphatic carboxylic acids is 1. The van der Waals surface area contributed by atoms with E-state index in [1.54, 1.807) is 19.1 Å². The van der Waals surface area contributed by atoms with Crippen LogP contribution in [0.3, 0.4) is 0 Å². The summed E-state index contributed by atoms with van der Waals surface area (Å²) in [6.07, 6.45) is 0.450. The van der Waals surface area contributed by atoms with Gasteiger partial charge in [0.1, 0.15) is 11.6 Å². The topological polar surface area (TPSA) is 88.0 Å². The first-order chi connectivity index (χ1) is 8.20. The molecule has 1 aromatic heterocycles. The van der Waals surface area contributed by atoms with Crippen molar-refractivity contribution in [2.45, 2.75) is 19.4 Å². The summed E-state index contributed by atoms with van der Waals surface area (Å²) < 4.78 is 0. The molecule has 6 heteroatoms. The molecule has 2 N–H and O–H groups in total. The van der Waals surface area contributed by atoms with Gasteiger partial charge in [0.25, 0.3) is 0 Å². The van der Waals surface area contributed by atoms with Gasteiger partial charge in [0, 0.05) is 0 Å². The van der Waals surface area contributed by atoms with Crippen LogP contribution >= 0.6 is 0 Å². The zero-order chi connectivity index (χ0) is 12.3. The lowest BCUT2D eigenvalue weighted by Crippen LogP contribution is -2.29. The van der Waals surface area contributed by atoms with Crippen molar-refractivity contribution in [2.75, 3.05) is 5.32 Å². The second-order valence-electron chi connectivity index (χ2n) is 3.57. The first-order valence-corrected chi connectivity index (χ1v) is 5.29. The monoisotopic (exact) mass is 232 g/mol. The van der Waals surface area contributed by atoms with E-state index in [0.717, 1.165) is 0 Å². The number of carboxylic acid groups (broad SMARTS) is 1. The van der Waals surface area contributed by atoms with Crippen LogP contribution in [0.4, 0.5) is 5.95 Å². The van der Waals surface area contributed by atoms with Crippen molar-refractivity contribution >= 4 is 23.0 Å². The number of benzene rings is 1. The molecule has 0 aliphatic carbocycles. The number of anilines is 1. The SMILES string of the molecule is CCC(Nc1nnc2ccccc2n1)C(=O)O. The second-order valence-corrected chi connectivity index (χ2v) is 3.57. The fraction of sp³-hybridized carbons (Fsp3) is 0.273. The predicted molar refractivity (Wildman–Crippen MR) is 62.7 cm³/mol. The molecule has 2 aromatic rings. The molecule has 6 nitrogen and oxygen atoms in total. The van der Waals surface area contributed by atoms with Crippen molar-refractivity contribution < 1.29 is 9.90 Å². The summed E-state index contributed by atoms with van der Waals surface area (Å²) in [5.74, 6) is -0.692. The zero-order valence-electron chi connectivity index (χ0n) is 9.29. The Morgan fingerprint density at radius 2 is 2.06 bits per heavy atom. The number of rotatable bonds is 4. The molecule has 2 rings (SSSR count). The Morgan fingerprint density at radius 1 is 1.35 bits per heavy atom. The van der Waals surface area contributed by atoms with Gasteiger partial charge in [0.05, 0.1) is 5.52 Å². The summed E-state index contributed by atoms with van der Waals surface area (Å²) in [6.45, 7) is 1.78. The van der Waals surface area contributed by atoms with Gasteiger partial charge in [-0.15, -0.1) is 10.2 Å². The van der Waals surface area contributed by atoms with E-state index in [1.807, 2.05) is 12.1 Å². The quantitative estimate of drug-likeness (QED) is 0.826. The summed E-state index contributed by atoms with van der Waals surface area (Å²) in [5, 5.41) is 19.4. The van der Waals surface area contributed by atoms with Gasteiger partial charge in [-0.3, -0.25) is 0 Å². The fourth-order valence-corrected chi connectivity index (χ4v) is 1.44. The Bertz CT molecular complexity index is 544. The van der Waals surface area contributed by atoms with Crippen LogP contribution in [0.2, 0.25) is 0 Å². The van der Waals surface area contributed by atoms with E-state index in [9.17, 15) is 4.79 Å². The average molecular weight is 232 g/mol. The molecule has 1 unspecified atom stereocenters. The van der Waals surface area contributed by atoms with Crippen molar-refractivity contribution in [1.29, 1.82) is 0 Å². The van der Waals surface area contributed by atoms with Crippen LogP contribution in [0.1, 0.15) is 13.3 Å². The minimum atomic E-state index is -0.927. The lowest BCUT2D eigenvalue weighted by Gasteiger charge is -2.11. The standard InChI is InChI=1S/C11H12N4O2/c1-2-7(10(16)17)12-11-13-8-5-3-4-6-9(8)14-15-11/h3-7H,2H2,1H3,(H,16,17)(H,12,13,15). The van der Waals surface area contributed by atoms with Gasteiger partial charge in [0.15, 0.2) is 0 Å². The smallest absolute Gasteiger partial charge is 0.326 e. The van der Waals surface area contributed by atoms with Crippen molar-refractivity contribution in [3.63, 3.8) is 0 Å². The first kappa shape index (κ1) is 11.3. The van der Waals surface area contributed by atoms with Gasteiger partial charge in [0.2, 0.25) is 5.95 Å². The Hall–Kier alpha value is -2.24.